The van der Waals surface area contributed by atoms with Crippen molar-refractivity contribution < 1.29 is 9.21 Å². The van der Waals surface area contributed by atoms with Crippen LogP contribution in [0.15, 0.2) is 47.1 Å². The molecule has 5 heteroatoms. The number of fused-ring (bicyclic) bond motifs is 1. The maximum atomic E-state index is 12.7. The van der Waals surface area contributed by atoms with Crippen LogP contribution in [-0.4, -0.2) is 53.5 Å². The molecule has 148 valence electrons. The molecule has 0 bridgehead atoms. The second-order valence-electron chi connectivity index (χ2n) is 8.57. The van der Waals surface area contributed by atoms with E-state index in [0.717, 1.165) is 57.6 Å². The van der Waals surface area contributed by atoms with Crippen molar-refractivity contribution in [2.45, 2.75) is 56.8 Å². The highest BCUT2D eigenvalue weighted by Gasteiger charge is 2.37. The number of furan rings is 1. The first kappa shape index (κ1) is 18.0. The maximum absolute atomic E-state index is 12.7. The number of likely N-dealkylation sites (tertiary alicyclic amines) is 2. The normalized spacial score (nSPS) is 24.2. The standard InChI is InChI=1S/C23H29N3O2/c27-23-14-20(15-26(23)21-12-17-4-1-2-5-18(17)13-21)24-19-7-9-25(10-8-19)16-22-6-3-11-28-22/h1-6,11,19-21,24H,7-10,12-16H2/t20-/m0/s1. The topological polar surface area (TPSA) is 48.7 Å². The molecular formula is C23H29N3O2. The summed E-state index contributed by atoms with van der Waals surface area (Å²) in [6, 6.07) is 13.8. The van der Waals surface area contributed by atoms with E-state index < -0.39 is 0 Å². The molecule has 1 aromatic carbocycles. The minimum Gasteiger partial charge on any atom is -0.468 e. The van der Waals surface area contributed by atoms with E-state index in [1.54, 1.807) is 6.26 Å². The number of nitrogens with zero attached hydrogens (tertiary/aromatic N) is 2. The minimum absolute atomic E-state index is 0.304. The molecule has 2 aromatic rings. The zero-order chi connectivity index (χ0) is 18.9. The Morgan fingerprint density at radius 2 is 1.71 bits per heavy atom. The number of benzene rings is 1. The largest absolute Gasteiger partial charge is 0.468 e. The molecule has 2 fully saturated rings. The van der Waals surface area contributed by atoms with Gasteiger partial charge in [-0.1, -0.05) is 24.3 Å². The Balaban J connectivity index is 1.11. The smallest absolute Gasteiger partial charge is 0.224 e. The molecule has 0 radical (unpaired) electrons. The van der Waals surface area contributed by atoms with Gasteiger partial charge in [0.1, 0.15) is 5.76 Å². The summed E-state index contributed by atoms with van der Waals surface area (Å²) in [7, 11) is 0. The number of carbonyl (C=O) groups excluding carboxylic acids is 1. The minimum atomic E-state index is 0.304. The molecule has 5 rings (SSSR count). The average molecular weight is 380 g/mol. The van der Waals surface area contributed by atoms with E-state index in [9.17, 15) is 4.79 Å². The van der Waals surface area contributed by atoms with E-state index >= 15 is 0 Å². The van der Waals surface area contributed by atoms with E-state index in [4.69, 9.17) is 4.42 Å². The van der Waals surface area contributed by atoms with Crippen LogP contribution in [0.25, 0.3) is 0 Å². The first-order chi connectivity index (χ1) is 13.7. The molecule has 5 nitrogen and oxygen atoms in total. The van der Waals surface area contributed by atoms with Crippen molar-refractivity contribution >= 4 is 5.91 Å². The van der Waals surface area contributed by atoms with Crippen molar-refractivity contribution in [2.75, 3.05) is 19.6 Å². The van der Waals surface area contributed by atoms with E-state index in [0.29, 0.717) is 30.5 Å². The highest BCUT2D eigenvalue weighted by atomic mass is 16.3. The number of piperidine rings is 1. The van der Waals surface area contributed by atoms with Gasteiger partial charge in [0, 0.05) is 44.2 Å². The predicted octanol–water partition coefficient (Wildman–Crippen LogP) is 2.60. The highest BCUT2D eigenvalue weighted by molar-refractivity contribution is 5.80. The van der Waals surface area contributed by atoms with Crippen LogP contribution in [-0.2, 0) is 24.2 Å². The molecule has 1 N–H and O–H groups in total. The summed E-state index contributed by atoms with van der Waals surface area (Å²) >= 11 is 0. The van der Waals surface area contributed by atoms with Crippen LogP contribution in [0, 0.1) is 0 Å². The summed E-state index contributed by atoms with van der Waals surface area (Å²) < 4.78 is 5.47. The molecular weight excluding hydrogens is 350 g/mol. The lowest BCUT2D eigenvalue weighted by atomic mass is 10.0. The van der Waals surface area contributed by atoms with E-state index in [1.165, 1.54) is 11.1 Å². The summed E-state index contributed by atoms with van der Waals surface area (Å²) in [5.74, 6) is 1.37. The fourth-order valence-corrected chi connectivity index (χ4v) is 5.17. The second-order valence-corrected chi connectivity index (χ2v) is 8.57. The van der Waals surface area contributed by atoms with Crippen LogP contribution in [0.3, 0.4) is 0 Å². The number of hydrogen-bond acceptors (Lipinski definition) is 4. The van der Waals surface area contributed by atoms with Crippen molar-refractivity contribution in [1.29, 1.82) is 0 Å². The molecule has 0 saturated carbocycles. The Morgan fingerprint density at radius 1 is 0.964 bits per heavy atom. The zero-order valence-electron chi connectivity index (χ0n) is 16.3. The zero-order valence-corrected chi connectivity index (χ0v) is 16.3. The lowest BCUT2D eigenvalue weighted by molar-refractivity contribution is -0.129. The van der Waals surface area contributed by atoms with Crippen LogP contribution in [0.5, 0.6) is 0 Å². The number of nitrogens with one attached hydrogen (secondary N) is 1. The molecule has 1 atom stereocenters. The quantitative estimate of drug-likeness (QED) is 0.868. The third kappa shape index (κ3) is 3.74. The molecule has 3 heterocycles. The van der Waals surface area contributed by atoms with Crippen LogP contribution in [0.4, 0.5) is 0 Å². The monoisotopic (exact) mass is 379 g/mol. The number of carbonyl (C=O) groups is 1. The van der Waals surface area contributed by atoms with Crippen molar-refractivity contribution in [3.63, 3.8) is 0 Å². The third-order valence-corrected chi connectivity index (χ3v) is 6.65. The van der Waals surface area contributed by atoms with E-state index in [1.807, 2.05) is 12.1 Å². The lowest BCUT2D eigenvalue weighted by Crippen LogP contribution is -2.47. The maximum Gasteiger partial charge on any atom is 0.224 e. The Morgan fingerprint density at radius 3 is 2.39 bits per heavy atom. The number of amides is 1. The average Bonchev–Trinajstić information content (AvgIpc) is 3.43. The van der Waals surface area contributed by atoms with Gasteiger partial charge >= 0.3 is 0 Å². The molecule has 0 unspecified atom stereocenters. The van der Waals surface area contributed by atoms with E-state index in [2.05, 4.69) is 39.4 Å². The Hall–Kier alpha value is -2.11. The Labute approximate surface area is 166 Å². The van der Waals surface area contributed by atoms with Crippen LogP contribution in [0.2, 0.25) is 0 Å². The summed E-state index contributed by atoms with van der Waals surface area (Å²) in [6.07, 6.45) is 6.70. The van der Waals surface area contributed by atoms with Crippen LogP contribution in [0.1, 0.15) is 36.1 Å². The van der Waals surface area contributed by atoms with Gasteiger partial charge < -0.3 is 14.6 Å². The first-order valence-corrected chi connectivity index (χ1v) is 10.6. The molecule has 2 saturated heterocycles. The molecule has 1 amide bonds. The number of rotatable bonds is 5. The lowest BCUT2D eigenvalue weighted by Gasteiger charge is -2.33. The molecule has 1 aliphatic carbocycles. The fourth-order valence-electron chi connectivity index (χ4n) is 5.17. The van der Waals surface area contributed by atoms with Gasteiger partial charge in [-0.05, 0) is 48.9 Å². The molecule has 0 spiro atoms. The van der Waals surface area contributed by atoms with Gasteiger partial charge in [0.05, 0.1) is 12.8 Å². The van der Waals surface area contributed by atoms with Crippen molar-refractivity contribution in [3.8, 4) is 0 Å². The van der Waals surface area contributed by atoms with Gasteiger partial charge in [0.15, 0.2) is 0 Å². The van der Waals surface area contributed by atoms with Gasteiger partial charge in [0.2, 0.25) is 5.91 Å². The molecule has 28 heavy (non-hydrogen) atoms. The SMILES string of the molecule is O=C1C[C@H](NC2CCN(Cc3ccco3)CC2)CN1C1Cc2ccccc2C1. The highest BCUT2D eigenvalue weighted by Crippen LogP contribution is 2.28. The molecule has 1 aromatic heterocycles. The van der Waals surface area contributed by atoms with Crippen LogP contribution >= 0.6 is 0 Å². The summed E-state index contributed by atoms with van der Waals surface area (Å²) in [4.78, 5) is 17.3. The van der Waals surface area contributed by atoms with Crippen LogP contribution < -0.4 is 5.32 Å². The predicted molar refractivity (Wildman–Crippen MR) is 108 cm³/mol. The molecule has 2 aliphatic heterocycles. The fraction of sp³-hybridized carbons (Fsp3) is 0.522. The summed E-state index contributed by atoms with van der Waals surface area (Å²) in [5, 5.41) is 3.79. The Bertz CT molecular complexity index is 786. The van der Waals surface area contributed by atoms with E-state index in [-0.39, 0.29) is 0 Å². The van der Waals surface area contributed by atoms with Crippen molar-refractivity contribution in [3.05, 3.63) is 59.5 Å². The van der Waals surface area contributed by atoms with Gasteiger partial charge in [0.25, 0.3) is 0 Å². The van der Waals surface area contributed by atoms with Gasteiger partial charge in [-0.25, -0.2) is 0 Å². The molecule has 3 aliphatic rings. The third-order valence-electron chi connectivity index (χ3n) is 6.65. The summed E-state index contributed by atoms with van der Waals surface area (Å²) in [5.41, 5.74) is 2.83. The second kappa shape index (κ2) is 7.72. The summed E-state index contributed by atoms with van der Waals surface area (Å²) in [6.45, 7) is 3.93. The van der Waals surface area contributed by atoms with Gasteiger partial charge in [-0.3, -0.25) is 9.69 Å². The Kier molecular flexibility index (Phi) is 4.95. The van der Waals surface area contributed by atoms with Gasteiger partial charge in [-0.15, -0.1) is 0 Å². The first-order valence-electron chi connectivity index (χ1n) is 10.6. The number of hydrogen-bond donors (Lipinski definition) is 1. The van der Waals surface area contributed by atoms with Crippen molar-refractivity contribution in [1.82, 2.24) is 15.1 Å². The van der Waals surface area contributed by atoms with Crippen molar-refractivity contribution in [2.24, 2.45) is 0 Å². The van der Waals surface area contributed by atoms with Gasteiger partial charge in [-0.2, -0.15) is 0 Å².